The lowest BCUT2D eigenvalue weighted by Gasteiger charge is -2.11. The average Bonchev–Trinajstić information content (AvgIpc) is 2.65. The van der Waals surface area contributed by atoms with E-state index in [1.165, 1.54) is 0 Å². The minimum absolute atomic E-state index is 0.146. The zero-order valence-electron chi connectivity index (χ0n) is 14.2. The number of nitrogens with zero attached hydrogens (tertiary/aromatic N) is 1. The van der Waals surface area contributed by atoms with Crippen molar-refractivity contribution in [2.75, 3.05) is 17.2 Å². The van der Waals surface area contributed by atoms with Crippen LogP contribution in [0.4, 0.5) is 11.4 Å². The molecule has 0 fully saturated rings. The van der Waals surface area contributed by atoms with E-state index in [1.807, 2.05) is 37.3 Å². The average molecular weight is 368 g/mol. The predicted octanol–water partition coefficient (Wildman–Crippen LogP) is 4.89. The molecule has 1 aromatic heterocycles. The van der Waals surface area contributed by atoms with E-state index < -0.39 is 0 Å². The lowest BCUT2D eigenvalue weighted by Crippen LogP contribution is -2.22. The molecule has 0 atom stereocenters. The molecule has 0 aliphatic heterocycles. The third-order valence-corrected chi connectivity index (χ3v) is 3.90. The lowest BCUT2D eigenvalue weighted by atomic mass is 10.2. The molecule has 0 bridgehead atoms. The maximum atomic E-state index is 12.1. The number of anilines is 2. The van der Waals surface area contributed by atoms with Crippen LogP contribution in [0.25, 0.3) is 0 Å². The molecule has 26 heavy (non-hydrogen) atoms. The third-order valence-electron chi connectivity index (χ3n) is 3.67. The molecule has 1 heterocycles. The van der Waals surface area contributed by atoms with Crippen LogP contribution in [0.5, 0.6) is 11.5 Å². The summed E-state index contributed by atoms with van der Waals surface area (Å²) in [5, 5.41) is 6.51. The molecule has 2 N–H and O–H groups in total. The normalized spacial score (nSPS) is 10.2. The van der Waals surface area contributed by atoms with Gasteiger partial charge in [0, 0.05) is 28.8 Å². The van der Waals surface area contributed by atoms with Gasteiger partial charge in [-0.2, -0.15) is 0 Å². The Balaban J connectivity index is 1.53. The largest absolute Gasteiger partial charge is 0.457 e. The number of benzene rings is 2. The van der Waals surface area contributed by atoms with Crippen LogP contribution in [0.1, 0.15) is 5.56 Å². The molecule has 3 aromatic rings. The Labute approximate surface area is 157 Å². The van der Waals surface area contributed by atoms with Gasteiger partial charge in [0.05, 0.1) is 6.54 Å². The lowest BCUT2D eigenvalue weighted by molar-refractivity contribution is -0.114. The van der Waals surface area contributed by atoms with Gasteiger partial charge in [-0.05, 0) is 61.0 Å². The van der Waals surface area contributed by atoms with Crippen molar-refractivity contribution in [2.24, 2.45) is 0 Å². The van der Waals surface area contributed by atoms with Gasteiger partial charge in [-0.1, -0.05) is 17.7 Å². The summed E-state index contributed by atoms with van der Waals surface area (Å²) < 4.78 is 5.70. The highest BCUT2D eigenvalue weighted by Crippen LogP contribution is 2.22. The summed E-state index contributed by atoms with van der Waals surface area (Å²) in [7, 11) is 0. The number of rotatable bonds is 6. The number of hydrogen-bond acceptors (Lipinski definition) is 4. The van der Waals surface area contributed by atoms with E-state index in [1.54, 1.807) is 36.7 Å². The van der Waals surface area contributed by atoms with E-state index in [0.717, 1.165) is 17.0 Å². The van der Waals surface area contributed by atoms with Gasteiger partial charge < -0.3 is 15.4 Å². The first kappa shape index (κ1) is 17.8. The van der Waals surface area contributed by atoms with Gasteiger partial charge in [0.1, 0.15) is 11.5 Å². The van der Waals surface area contributed by atoms with E-state index in [-0.39, 0.29) is 12.5 Å². The maximum Gasteiger partial charge on any atom is 0.243 e. The molecule has 0 spiro atoms. The van der Waals surface area contributed by atoms with Gasteiger partial charge in [0.25, 0.3) is 0 Å². The minimum atomic E-state index is -0.146. The van der Waals surface area contributed by atoms with Crippen molar-refractivity contribution in [1.29, 1.82) is 0 Å². The first-order chi connectivity index (χ1) is 12.6. The van der Waals surface area contributed by atoms with Crippen molar-refractivity contribution >= 4 is 28.9 Å². The molecule has 2 aromatic carbocycles. The van der Waals surface area contributed by atoms with Crippen LogP contribution >= 0.6 is 11.6 Å². The summed E-state index contributed by atoms with van der Waals surface area (Å²) >= 11 is 5.96. The van der Waals surface area contributed by atoms with Crippen LogP contribution in [-0.4, -0.2) is 17.4 Å². The van der Waals surface area contributed by atoms with E-state index in [9.17, 15) is 4.79 Å². The van der Waals surface area contributed by atoms with Gasteiger partial charge in [-0.15, -0.1) is 0 Å². The molecular formula is C20H18ClN3O2. The molecule has 0 aliphatic rings. The van der Waals surface area contributed by atoms with Crippen molar-refractivity contribution in [2.45, 2.75) is 6.92 Å². The monoisotopic (exact) mass is 367 g/mol. The Morgan fingerprint density at radius 3 is 2.46 bits per heavy atom. The summed E-state index contributed by atoms with van der Waals surface area (Å²) in [6, 6.07) is 16.3. The van der Waals surface area contributed by atoms with E-state index in [4.69, 9.17) is 16.3 Å². The zero-order valence-corrected chi connectivity index (χ0v) is 15.0. The molecule has 132 valence electrons. The molecule has 0 radical (unpaired) electrons. The van der Waals surface area contributed by atoms with Crippen molar-refractivity contribution in [3.8, 4) is 11.5 Å². The highest BCUT2D eigenvalue weighted by molar-refractivity contribution is 6.31. The quantitative estimate of drug-likeness (QED) is 0.651. The number of hydrogen-bond donors (Lipinski definition) is 2. The Bertz CT molecular complexity index is 883. The van der Waals surface area contributed by atoms with Crippen LogP contribution in [0.3, 0.4) is 0 Å². The molecule has 3 rings (SSSR count). The first-order valence-electron chi connectivity index (χ1n) is 8.08. The second-order valence-electron chi connectivity index (χ2n) is 5.67. The van der Waals surface area contributed by atoms with Gasteiger partial charge >= 0.3 is 0 Å². The molecule has 5 nitrogen and oxygen atoms in total. The van der Waals surface area contributed by atoms with E-state index in [0.29, 0.717) is 16.5 Å². The zero-order chi connectivity index (χ0) is 18.4. The van der Waals surface area contributed by atoms with Crippen LogP contribution in [0.2, 0.25) is 5.02 Å². The second-order valence-corrected chi connectivity index (χ2v) is 6.11. The summed E-state index contributed by atoms with van der Waals surface area (Å²) in [6.07, 6.45) is 3.34. The molecule has 0 aliphatic carbocycles. The van der Waals surface area contributed by atoms with Gasteiger partial charge in [-0.25, -0.2) is 0 Å². The van der Waals surface area contributed by atoms with Crippen LogP contribution in [0.15, 0.2) is 67.0 Å². The number of nitrogens with one attached hydrogen (secondary N) is 2. The van der Waals surface area contributed by atoms with Gasteiger partial charge in [0.2, 0.25) is 5.91 Å². The summed E-state index contributed by atoms with van der Waals surface area (Å²) in [6.45, 7) is 2.07. The molecule has 1 amide bonds. The minimum Gasteiger partial charge on any atom is -0.457 e. The van der Waals surface area contributed by atoms with Gasteiger partial charge in [-0.3, -0.25) is 9.78 Å². The number of halogens is 1. The Morgan fingerprint density at radius 1 is 1.04 bits per heavy atom. The maximum absolute atomic E-state index is 12.1. The van der Waals surface area contributed by atoms with Crippen LogP contribution in [-0.2, 0) is 4.79 Å². The Kier molecular flexibility index (Phi) is 5.71. The molecule has 0 unspecified atom stereocenters. The van der Waals surface area contributed by atoms with E-state index >= 15 is 0 Å². The smallest absolute Gasteiger partial charge is 0.243 e. The van der Waals surface area contributed by atoms with Crippen molar-refractivity contribution < 1.29 is 9.53 Å². The second kappa shape index (κ2) is 8.36. The molecule has 0 saturated carbocycles. The summed E-state index contributed by atoms with van der Waals surface area (Å²) in [5.74, 6) is 1.28. The number of aryl methyl sites for hydroxylation is 1. The van der Waals surface area contributed by atoms with Gasteiger partial charge in [0.15, 0.2) is 0 Å². The number of carbonyl (C=O) groups is 1. The number of pyridine rings is 1. The standard InChI is InChI=1S/C20H18ClN3O2/c1-14-2-3-15(21)12-19(14)24-20(25)13-23-16-4-6-17(7-5-16)26-18-8-10-22-11-9-18/h2-12,23H,13H2,1H3,(H,24,25). The molecule has 6 heteroatoms. The fraction of sp³-hybridized carbons (Fsp3) is 0.100. The third kappa shape index (κ3) is 4.97. The number of carbonyl (C=O) groups excluding carboxylic acids is 1. The number of aromatic nitrogens is 1. The van der Waals surface area contributed by atoms with Crippen molar-refractivity contribution in [3.63, 3.8) is 0 Å². The highest BCUT2D eigenvalue weighted by atomic mass is 35.5. The fourth-order valence-electron chi connectivity index (χ4n) is 2.29. The van der Waals surface area contributed by atoms with E-state index in [2.05, 4.69) is 15.6 Å². The van der Waals surface area contributed by atoms with Crippen LogP contribution in [0, 0.1) is 6.92 Å². The predicted molar refractivity (Wildman–Crippen MR) is 104 cm³/mol. The fourth-order valence-corrected chi connectivity index (χ4v) is 2.46. The van der Waals surface area contributed by atoms with Crippen LogP contribution < -0.4 is 15.4 Å². The SMILES string of the molecule is Cc1ccc(Cl)cc1NC(=O)CNc1ccc(Oc2ccncc2)cc1. The molecule has 0 saturated heterocycles. The van der Waals surface area contributed by atoms with Crippen molar-refractivity contribution in [3.05, 3.63) is 77.6 Å². The number of amides is 1. The summed E-state index contributed by atoms with van der Waals surface area (Å²) in [5.41, 5.74) is 2.50. The summed E-state index contributed by atoms with van der Waals surface area (Å²) in [4.78, 5) is 16.1. The topological polar surface area (TPSA) is 63.2 Å². The highest BCUT2D eigenvalue weighted by Gasteiger charge is 2.06. The Morgan fingerprint density at radius 2 is 1.73 bits per heavy atom. The Hall–Kier alpha value is -3.05. The number of ether oxygens (including phenoxy) is 1. The molecular weight excluding hydrogens is 350 g/mol. The first-order valence-corrected chi connectivity index (χ1v) is 8.46. The van der Waals surface area contributed by atoms with Crippen molar-refractivity contribution in [1.82, 2.24) is 4.98 Å².